The van der Waals surface area contributed by atoms with Gasteiger partial charge in [-0.1, -0.05) is 37.3 Å². The standard InChI is InChI=1S/C15H21NO3/c1-12-6-5-9-16(14(12)10-17)15(18)19-11-13-7-3-2-4-8-13/h2-4,7-8,12,14,17H,5-6,9-11H2,1H3/t12-,14+/m1/s1. The molecule has 4 nitrogen and oxygen atoms in total. The van der Waals surface area contributed by atoms with Gasteiger partial charge >= 0.3 is 6.09 Å². The van der Waals surface area contributed by atoms with Crippen molar-refractivity contribution in [2.45, 2.75) is 32.4 Å². The van der Waals surface area contributed by atoms with Crippen LogP contribution in [0.2, 0.25) is 0 Å². The van der Waals surface area contributed by atoms with Crippen molar-refractivity contribution in [3.05, 3.63) is 35.9 Å². The maximum Gasteiger partial charge on any atom is 0.410 e. The molecule has 1 saturated heterocycles. The maximum absolute atomic E-state index is 12.1. The SMILES string of the molecule is C[C@@H]1CCCN(C(=O)OCc2ccccc2)[C@H]1CO. The van der Waals surface area contributed by atoms with Crippen molar-refractivity contribution in [3.63, 3.8) is 0 Å². The van der Waals surface area contributed by atoms with Gasteiger partial charge in [0, 0.05) is 6.54 Å². The molecule has 1 aliphatic heterocycles. The number of piperidine rings is 1. The fraction of sp³-hybridized carbons (Fsp3) is 0.533. The first-order valence-electron chi connectivity index (χ1n) is 6.80. The molecule has 1 heterocycles. The zero-order valence-electron chi connectivity index (χ0n) is 11.3. The average Bonchev–Trinajstić information content (AvgIpc) is 2.45. The topological polar surface area (TPSA) is 49.8 Å². The summed E-state index contributed by atoms with van der Waals surface area (Å²) in [6, 6.07) is 9.51. The van der Waals surface area contributed by atoms with E-state index in [1.807, 2.05) is 30.3 Å². The molecule has 1 fully saturated rings. The number of hydrogen-bond acceptors (Lipinski definition) is 3. The zero-order valence-corrected chi connectivity index (χ0v) is 11.3. The highest BCUT2D eigenvalue weighted by atomic mass is 16.6. The van der Waals surface area contributed by atoms with Gasteiger partial charge in [-0.2, -0.15) is 0 Å². The van der Waals surface area contributed by atoms with Crippen LogP contribution in [0.25, 0.3) is 0 Å². The van der Waals surface area contributed by atoms with Crippen molar-refractivity contribution >= 4 is 6.09 Å². The first kappa shape index (κ1) is 13.9. The Balaban J connectivity index is 1.91. The highest BCUT2D eigenvalue weighted by Crippen LogP contribution is 2.23. The first-order chi connectivity index (χ1) is 9.22. The van der Waals surface area contributed by atoms with E-state index in [-0.39, 0.29) is 25.3 Å². The monoisotopic (exact) mass is 263 g/mol. The average molecular weight is 263 g/mol. The third kappa shape index (κ3) is 3.47. The fourth-order valence-corrected chi connectivity index (χ4v) is 2.56. The van der Waals surface area contributed by atoms with Crippen molar-refractivity contribution in [3.8, 4) is 0 Å². The molecule has 2 rings (SSSR count). The second-order valence-electron chi connectivity index (χ2n) is 5.10. The van der Waals surface area contributed by atoms with E-state index >= 15 is 0 Å². The van der Waals surface area contributed by atoms with E-state index in [2.05, 4.69) is 6.92 Å². The number of aliphatic hydroxyl groups excluding tert-OH is 1. The van der Waals surface area contributed by atoms with E-state index in [0.717, 1.165) is 18.4 Å². The van der Waals surface area contributed by atoms with Crippen LogP contribution in [0.4, 0.5) is 4.79 Å². The fourth-order valence-electron chi connectivity index (χ4n) is 2.56. The summed E-state index contributed by atoms with van der Waals surface area (Å²) in [4.78, 5) is 13.7. The van der Waals surface area contributed by atoms with Gasteiger partial charge < -0.3 is 14.7 Å². The normalized spacial score (nSPS) is 23.2. The molecule has 19 heavy (non-hydrogen) atoms. The predicted octanol–water partition coefficient (Wildman–Crippen LogP) is 2.42. The molecule has 1 N–H and O–H groups in total. The van der Waals surface area contributed by atoms with Gasteiger partial charge in [-0.3, -0.25) is 0 Å². The van der Waals surface area contributed by atoms with E-state index in [9.17, 15) is 9.90 Å². The van der Waals surface area contributed by atoms with Crippen molar-refractivity contribution in [2.75, 3.05) is 13.2 Å². The molecule has 1 aromatic rings. The highest BCUT2D eigenvalue weighted by molar-refractivity contribution is 5.68. The molecule has 1 aliphatic rings. The first-order valence-corrected chi connectivity index (χ1v) is 6.80. The number of aliphatic hydroxyl groups is 1. The number of carbonyl (C=O) groups excluding carboxylic acids is 1. The number of nitrogens with zero attached hydrogens (tertiary/aromatic N) is 1. The van der Waals surface area contributed by atoms with Crippen LogP contribution >= 0.6 is 0 Å². The Hall–Kier alpha value is -1.55. The summed E-state index contributed by atoms with van der Waals surface area (Å²) in [7, 11) is 0. The molecular formula is C15H21NO3. The van der Waals surface area contributed by atoms with Gasteiger partial charge in [0.15, 0.2) is 0 Å². The third-order valence-corrected chi connectivity index (χ3v) is 3.74. The number of likely N-dealkylation sites (tertiary alicyclic amines) is 1. The summed E-state index contributed by atoms with van der Waals surface area (Å²) in [5, 5.41) is 9.42. The maximum atomic E-state index is 12.1. The lowest BCUT2D eigenvalue weighted by Crippen LogP contribution is -2.49. The number of amides is 1. The zero-order chi connectivity index (χ0) is 13.7. The molecule has 0 aromatic heterocycles. The van der Waals surface area contributed by atoms with Crippen LogP contribution in [0.15, 0.2) is 30.3 Å². The summed E-state index contributed by atoms with van der Waals surface area (Å²) in [5.74, 6) is 0.322. The molecule has 0 radical (unpaired) electrons. The molecule has 1 aromatic carbocycles. The van der Waals surface area contributed by atoms with Gasteiger partial charge in [-0.05, 0) is 24.3 Å². The summed E-state index contributed by atoms with van der Waals surface area (Å²) in [6.07, 6.45) is 1.70. The van der Waals surface area contributed by atoms with Gasteiger partial charge in [0.05, 0.1) is 12.6 Å². The lowest BCUT2D eigenvalue weighted by atomic mass is 9.92. The van der Waals surface area contributed by atoms with Crippen LogP contribution in [0.5, 0.6) is 0 Å². The Morgan fingerprint density at radius 2 is 2.16 bits per heavy atom. The quantitative estimate of drug-likeness (QED) is 0.911. The summed E-state index contributed by atoms with van der Waals surface area (Å²) in [5.41, 5.74) is 0.974. The number of benzene rings is 1. The summed E-state index contributed by atoms with van der Waals surface area (Å²) < 4.78 is 5.32. The second kappa shape index (κ2) is 6.57. The largest absolute Gasteiger partial charge is 0.445 e. The van der Waals surface area contributed by atoms with E-state index in [4.69, 9.17) is 4.74 Å². The highest BCUT2D eigenvalue weighted by Gasteiger charge is 2.32. The van der Waals surface area contributed by atoms with E-state index in [1.54, 1.807) is 4.90 Å². The Labute approximate surface area is 114 Å². The van der Waals surface area contributed by atoms with Crippen molar-refractivity contribution in [1.29, 1.82) is 0 Å². The molecule has 104 valence electrons. The Kier molecular flexibility index (Phi) is 4.80. The van der Waals surface area contributed by atoms with Gasteiger partial charge in [0.2, 0.25) is 0 Å². The van der Waals surface area contributed by atoms with E-state index in [0.29, 0.717) is 12.5 Å². The van der Waals surface area contributed by atoms with Crippen LogP contribution in [0.3, 0.4) is 0 Å². The van der Waals surface area contributed by atoms with Crippen LogP contribution in [-0.4, -0.2) is 35.3 Å². The minimum Gasteiger partial charge on any atom is -0.445 e. The Morgan fingerprint density at radius 3 is 2.84 bits per heavy atom. The van der Waals surface area contributed by atoms with Gasteiger partial charge in [0.1, 0.15) is 6.61 Å². The molecule has 0 bridgehead atoms. The smallest absolute Gasteiger partial charge is 0.410 e. The molecule has 0 aliphatic carbocycles. The summed E-state index contributed by atoms with van der Waals surface area (Å²) in [6.45, 7) is 3.02. The lowest BCUT2D eigenvalue weighted by molar-refractivity contribution is 0.0301. The van der Waals surface area contributed by atoms with E-state index < -0.39 is 0 Å². The van der Waals surface area contributed by atoms with Gasteiger partial charge in [-0.25, -0.2) is 4.79 Å². The molecular weight excluding hydrogens is 242 g/mol. The molecule has 4 heteroatoms. The van der Waals surface area contributed by atoms with Crippen LogP contribution in [-0.2, 0) is 11.3 Å². The van der Waals surface area contributed by atoms with E-state index in [1.165, 1.54) is 0 Å². The molecule has 1 amide bonds. The number of rotatable bonds is 3. The molecule has 0 unspecified atom stereocenters. The molecule has 2 atom stereocenters. The van der Waals surface area contributed by atoms with Crippen molar-refractivity contribution in [1.82, 2.24) is 4.90 Å². The Bertz CT molecular complexity index is 407. The van der Waals surface area contributed by atoms with Gasteiger partial charge in [-0.15, -0.1) is 0 Å². The van der Waals surface area contributed by atoms with Crippen LogP contribution < -0.4 is 0 Å². The predicted molar refractivity (Wildman–Crippen MR) is 72.6 cm³/mol. The van der Waals surface area contributed by atoms with Crippen LogP contribution in [0.1, 0.15) is 25.3 Å². The molecule has 0 spiro atoms. The number of carbonyl (C=O) groups is 1. The number of ether oxygens (including phenoxy) is 1. The van der Waals surface area contributed by atoms with Crippen molar-refractivity contribution in [2.24, 2.45) is 5.92 Å². The third-order valence-electron chi connectivity index (χ3n) is 3.74. The lowest BCUT2D eigenvalue weighted by Gasteiger charge is -2.38. The van der Waals surface area contributed by atoms with Gasteiger partial charge in [0.25, 0.3) is 0 Å². The minimum atomic E-state index is -0.325. The Morgan fingerprint density at radius 1 is 1.42 bits per heavy atom. The molecule has 0 saturated carbocycles. The minimum absolute atomic E-state index is 0.00159. The van der Waals surface area contributed by atoms with Crippen molar-refractivity contribution < 1.29 is 14.6 Å². The summed E-state index contributed by atoms with van der Waals surface area (Å²) >= 11 is 0. The van der Waals surface area contributed by atoms with Crippen LogP contribution in [0, 0.1) is 5.92 Å². The number of hydrogen-bond donors (Lipinski definition) is 1. The second-order valence-corrected chi connectivity index (χ2v) is 5.10.